The van der Waals surface area contributed by atoms with Gasteiger partial charge >= 0.3 is 6.03 Å². The summed E-state index contributed by atoms with van der Waals surface area (Å²) in [7, 11) is 0. The molecule has 0 saturated carbocycles. The molecule has 0 radical (unpaired) electrons. The highest BCUT2D eigenvalue weighted by Crippen LogP contribution is 2.22. The Bertz CT molecular complexity index is 736. The molecule has 2 aromatic carbocycles. The molecule has 0 spiro atoms. The Balaban J connectivity index is 1.65. The van der Waals surface area contributed by atoms with Crippen molar-refractivity contribution in [3.8, 4) is 0 Å². The molecular weight excluding hydrogens is 357 g/mol. The first kappa shape index (κ1) is 18.6. The molecule has 1 aliphatic rings. The fourth-order valence-electron chi connectivity index (χ4n) is 2.96. The molecule has 138 valence electrons. The topological polar surface area (TPSA) is 53.6 Å². The summed E-state index contributed by atoms with van der Waals surface area (Å²) in [6.07, 6.45) is 0. The van der Waals surface area contributed by atoms with E-state index in [0.717, 1.165) is 18.7 Å². The van der Waals surface area contributed by atoms with Crippen LogP contribution >= 0.6 is 11.6 Å². The maximum Gasteiger partial charge on any atom is 0.319 e. The second kappa shape index (κ2) is 8.98. The zero-order valence-electron chi connectivity index (χ0n) is 14.3. The molecule has 0 aromatic heterocycles. The van der Waals surface area contributed by atoms with Crippen LogP contribution in [0.25, 0.3) is 0 Å². The summed E-state index contributed by atoms with van der Waals surface area (Å²) >= 11 is 5.93. The minimum absolute atomic E-state index is 0.0513. The number of nitrogens with zero attached hydrogens (tertiary/aromatic N) is 1. The standard InChI is InChI=1S/C19H21ClFN3O2/c20-15-2-1-3-17(12-15)23-19(25)22-13-18(24-8-10-26-11-9-24)14-4-6-16(21)7-5-14/h1-7,12,18H,8-11,13H2,(H2,22,23,25). The molecule has 0 aliphatic carbocycles. The summed E-state index contributed by atoms with van der Waals surface area (Å²) in [5.74, 6) is -0.277. The Morgan fingerprint density at radius 3 is 2.62 bits per heavy atom. The molecule has 2 aromatic rings. The normalized spacial score (nSPS) is 16.1. The third-order valence-corrected chi connectivity index (χ3v) is 4.51. The van der Waals surface area contributed by atoms with Gasteiger partial charge in [-0.05, 0) is 35.9 Å². The van der Waals surface area contributed by atoms with Crippen LogP contribution in [0.5, 0.6) is 0 Å². The van der Waals surface area contributed by atoms with Gasteiger partial charge in [-0.25, -0.2) is 9.18 Å². The zero-order chi connectivity index (χ0) is 18.4. The third-order valence-electron chi connectivity index (χ3n) is 4.28. The van der Waals surface area contributed by atoms with Gasteiger partial charge in [0, 0.05) is 30.3 Å². The van der Waals surface area contributed by atoms with Crippen molar-refractivity contribution >= 4 is 23.3 Å². The second-order valence-electron chi connectivity index (χ2n) is 6.06. The average molecular weight is 378 g/mol. The van der Waals surface area contributed by atoms with Crippen LogP contribution in [0.2, 0.25) is 5.02 Å². The number of carbonyl (C=O) groups excluding carboxylic acids is 1. The molecule has 3 rings (SSSR count). The van der Waals surface area contributed by atoms with E-state index in [1.54, 1.807) is 36.4 Å². The van der Waals surface area contributed by atoms with E-state index in [2.05, 4.69) is 15.5 Å². The van der Waals surface area contributed by atoms with Gasteiger partial charge < -0.3 is 15.4 Å². The predicted octanol–water partition coefficient (Wildman–Crippen LogP) is 3.67. The SMILES string of the molecule is O=C(NCC(c1ccc(F)cc1)N1CCOCC1)Nc1cccc(Cl)c1. The monoisotopic (exact) mass is 377 g/mol. The van der Waals surface area contributed by atoms with Crippen molar-refractivity contribution < 1.29 is 13.9 Å². The van der Waals surface area contributed by atoms with Crippen LogP contribution in [0.3, 0.4) is 0 Å². The second-order valence-corrected chi connectivity index (χ2v) is 6.50. The molecule has 1 atom stereocenters. The van der Waals surface area contributed by atoms with Crippen molar-refractivity contribution in [2.24, 2.45) is 0 Å². The lowest BCUT2D eigenvalue weighted by molar-refractivity contribution is 0.0167. The van der Waals surface area contributed by atoms with E-state index >= 15 is 0 Å². The number of ether oxygens (including phenoxy) is 1. The molecule has 0 bridgehead atoms. The average Bonchev–Trinajstić information content (AvgIpc) is 2.64. The molecule has 2 amide bonds. The van der Waals surface area contributed by atoms with Gasteiger partial charge in [0.1, 0.15) is 5.82 Å². The number of benzene rings is 2. The lowest BCUT2D eigenvalue weighted by Crippen LogP contribution is -2.44. The Kier molecular flexibility index (Phi) is 6.44. The Hall–Kier alpha value is -2.15. The fourth-order valence-corrected chi connectivity index (χ4v) is 3.15. The predicted molar refractivity (Wildman–Crippen MR) is 100 cm³/mol. The van der Waals surface area contributed by atoms with Gasteiger partial charge in [0.2, 0.25) is 0 Å². The number of hydrogen-bond donors (Lipinski definition) is 2. The summed E-state index contributed by atoms with van der Waals surface area (Å²) in [4.78, 5) is 14.5. The van der Waals surface area contributed by atoms with Crippen LogP contribution in [0.1, 0.15) is 11.6 Å². The summed E-state index contributed by atoms with van der Waals surface area (Å²) < 4.78 is 18.7. The Labute approximate surface area is 157 Å². The van der Waals surface area contributed by atoms with Crippen LogP contribution < -0.4 is 10.6 Å². The number of anilines is 1. The summed E-state index contributed by atoms with van der Waals surface area (Å²) in [5, 5.41) is 6.21. The number of rotatable bonds is 5. The number of nitrogens with one attached hydrogen (secondary N) is 2. The zero-order valence-corrected chi connectivity index (χ0v) is 15.0. The van der Waals surface area contributed by atoms with Gasteiger partial charge in [0.15, 0.2) is 0 Å². The summed E-state index contributed by atoms with van der Waals surface area (Å²) in [5.41, 5.74) is 1.58. The number of halogens is 2. The van der Waals surface area contributed by atoms with Crippen molar-refractivity contribution in [3.05, 3.63) is 64.9 Å². The number of urea groups is 1. The minimum atomic E-state index is -0.312. The summed E-state index contributed by atoms with van der Waals surface area (Å²) in [6.45, 7) is 3.22. The number of morpholine rings is 1. The van der Waals surface area contributed by atoms with Crippen LogP contribution in [-0.2, 0) is 4.74 Å². The van der Waals surface area contributed by atoms with Crippen LogP contribution in [0.4, 0.5) is 14.9 Å². The van der Waals surface area contributed by atoms with Crippen molar-refractivity contribution in [2.75, 3.05) is 38.2 Å². The molecule has 7 heteroatoms. The first-order valence-corrected chi connectivity index (χ1v) is 8.87. The van der Waals surface area contributed by atoms with E-state index in [4.69, 9.17) is 16.3 Å². The quantitative estimate of drug-likeness (QED) is 0.835. The van der Waals surface area contributed by atoms with Gasteiger partial charge in [-0.15, -0.1) is 0 Å². The van der Waals surface area contributed by atoms with E-state index in [1.165, 1.54) is 12.1 Å². The minimum Gasteiger partial charge on any atom is -0.379 e. The van der Waals surface area contributed by atoms with Gasteiger partial charge in [-0.1, -0.05) is 29.8 Å². The summed E-state index contributed by atoms with van der Waals surface area (Å²) in [6, 6.07) is 13.0. The highest BCUT2D eigenvalue weighted by atomic mass is 35.5. The van der Waals surface area contributed by atoms with E-state index in [0.29, 0.717) is 30.5 Å². The van der Waals surface area contributed by atoms with E-state index < -0.39 is 0 Å². The number of carbonyl (C=O) groups is 1. The van der Waals surface area contributed by atoms with Crippen molar-refractivity contribution in [1.82, 2.24) is 10.2 Å². The largest absolute Gasteiger partial charge is 0.379 e. The van der Waals surface area contributed by atoms with Crippen LogP contribution in [0, 0.1) is 5.82 Å². The molecule has 1 fully saturated rings. The lowest BCUT2D eigenvalue weighted by atomic mass is 10.0. The number of amides is 2. The highest BCUT2D eigenvalue weighted by molar-refractivity contribution is 6.30. The molecule has 1 aliphatic heterocycles. The van der Waals surface area contributed by atoms with Crippen LogP contribution in [-0.4, -0.2) is 43.8 Å². The van der Waals surface area contributed by atoms with Gasteiger partial charge in [-0.2, -0.15) is 0 Å². The van der Waals surface area contributed by atoms with Gasteiger partial charge in [0.25, 0.3) is 0 Å². The lowest BCUT2D eigenvalue weighted by Gasteiger charge is -2.35. The Morgan fingerprint density at radius 2 is 1.92 bits per heavy atom. The molecule has 1 saturated heterocycles. The van der Waals surface area contributed by atoms with E-state index in [1.807, 2.05) is 0 Å². The fraction of sp³-hybridized carbons (Fsp3) is 0.316. The molecule has 1 unspecified atom stereocenters. The Morgan fingerprint density at radius 1 is 1.19 bits per heavy atom. The first-order valence-electron chi connectivity index (χ1n) is 8.49. The maximum atomic E-state index is 13.3. The maximum absolute atomic E-state index is 13.3. The number of hydrogen-bond acceptors (Lipinski definition) is 3. The smallest absolute Gasteiger partial charge is 0.319 e. The molecule has 2 N–H and O–H groups in total. The van der Waals surface area contributed by atoms with Gasteiger partial charge in [-0.3, -0.25) is 4.90 Å². The molecular formula is C19H21ClFN3O2. The third kappa shape index (κ3) is 5.17. The van der Waals surface area contributed by atoms with E-state index in [9.17, 15) is 9.18 Å². The molecule has 5 nitrogen and oxygen atoms in total. The van der Waals surface area contributed by atoms with Crippen LogP contribution in [0.15, 0.2) is 48.5 Å². The van der Waals surface area contributed by atoms with Crippen molar-refractivity contribution in [3.63, 3.8) is 0 Å². The first-order chi connectivity index (χ1) is 12.6. The molecule has 26 heavy (non-hydrogen) atoms. The van der Waals surface area contributed by atoms with E-state index in [-0.39, 0.29) is 17.9 Å². The van der Waals surface area contributed by atoms with Gasteiger partial charge in [0.05, 0.1) is 19.3 Å². The highest BCUT2D eigenvalue weighted by Gasteiger charge is 2.23. The van der Waals surface area contributed by atoms with Crippen molar-refractivity contribution in [2.45, 2.75) is 6.04 Å². The van der Waals surface area contributed by atoms with Crippen molar-refractivity contribution in [1.29, 1.82) is 0 Å². The molecule has 1 heterocycles.